The summed E-state index contributed by atoms with van der Waals surface area (Å²) in [4.78, 5) is 79.4. The Labute approximate surface area is 595 Å². The molecule has 538 valence electrons. The standard InChI is InChI=1S/C83H103FN6O11/c1-56(2)19-17-20-57(3)70-42-43-71-69-41-32-63-54-68(46-48-81(63,4)72(69)47-49-82(70,71)5)99-52-18-50-85-76(91)44-45-77(92)88-75(53-59-21-13-14-26-73(59)84)79(94)89-74(78(93)87-64-33-28-58(29-34-64)55-100-80(95)101-67-39-35-65(36-40-67)90(96)97)27-15-16-51-86-83(60-22-9-7-10-23-60,61-24-11-8-12-25-61)62-30-37-66(98-6)38-31-62/h7-14,21-26,28-40,56-57,68-72,74-75,86H,15-20,27,41-55H2,1-6H3,(H,85,91)(H,87,93)(H,88,92)(H,89,94)/t57-,68+,69+,70-,71+,72+,74+,75+,81+,82-/m1/s1. The molecule has 0 saturated heterocycles. The van der Waals surface area contributed by atoms with E-state index in [1.54, 1.807) is 43.0 Å². The molecule has 3 saturated carbocycles. The number of nitro groups is 1. The van der Waals surface area contributed by atoms with Crippen molar-refractivity contribution in [1.82, 2.24) is 21.3 Å². The Morgan fingerprint density at radius 1 is 0.663 bits per heavy atom. The van der Waals surface area contributed by atoms with Crippen molar-refractivity contribution in [2.75, 3.05) is 32.1 Å². The summed E-state index contributed by atoms with van der Waals surface area (Å²) < 4.78 is 38.0. The molecule has 17 nitrogen and oxygen atoms in total. The van der Waals surface area contributed by atoms with Gasteiger partial charge in [0.2, 0.25) is 23.6 Å². The zero-order valence-corrected chi connectivity index (χ0v) is 59.7. The van der Waals surface area contributed by atoms with E-state index in [1.807, 2.05) is 60.7 Å². The van der Waals surface area contributed by atoms with Crippen LogP contribution >= 0.6 is 0 Å². The number of hydrogen-bond donors (Lipinski definition) is 5. The molecule has 0 heterocycles. The fraction of sp³-hybridized carbons (Fsp3) is 0.482. The lowest BCUT2D eigenvalue weighted by molar-refractivity contribution is -0.384. The molecular weight excluding hydrogens is 1280 g/mol. The third-order valence-electron chi connectivity index (χ3n) is 22.6. The van der Waals surface area contributed by atoms with E-state index >= 15 is 4.39 Å². The van der Waals surface area contributed by atoms with Gasteiger partial charge < -0.3 is 40.2 Å². The van der Waals surface area contributed by atoms with E-state index in [2.05, 4.69) is 91.5 Å². The van der Waals surface area contributed by atoms with Crippen LogP contribution in [-0.4, -0.2) is 79.7 Å². The van der Waals surface area contributed by atoms with Crippen LogP contribution in [0.1, 0.15) is 172 Å². The van der Waals surface area contributed by atoms with Crippen molar-refractivity contribution in [3.63, 3.8) is 0 Å². The van der Waals surface area contributed by atoms with Gasteiger partial charge in [-0.15, -0.1) is 0 Å². The second kappa shape index (κ2) is 35.2. The minimum absolute atomic E-state index is 0.0572. The number of allylic oxidation sites excluding steroid dienone is 1. The number of non-ortho nitro benzene ring substituents is 1. The van der Waals surface area contributed by atoms with Gasteiger partial charge in [-0.3, -0.25) is 34.6 Å². The topological polar surface area (TPSA) is 226 Å². The fourth-order valence-corrected chi connectivity index (χ4v) is 17.2. The zero-order chi connectivity index (χ0) is 71.5. The lowest BCUT2D eigenvalue weighted by Gasteiger charge is -2.58. The maximum atomic E-state index is 15.5. The Kier molecular flexibility index (Phi) is 26.1. The first-order valence-corrected chi connectivity index (χ1v) is 36.7. The summed E-state index contributed by atoms with van der Waals surface area (Å²) in [7, 11) is 1.63. The molecule has 6 aromatic rings. The summed E-state index contributed by atoms with van der Waals surface area (Å²) in [5.41, 5.74) is 5.35. The summed E-state index contributed by atoms with van der Waals surface area (Å²) in [6.07, 6.45) is 16.7. The van der Waals surface area contributed by atoms with Gasteiger partial charge in [-0.2, -0.15) is 0 Å². The first-order chi connectivity index (χ1) is 48.8. The maximum absolute atomic E-state index is 15.5. The summed E-state index contributed by atoms with van der Waals surface area (Å²) in [5, 5.41) is 26.5. The number of halogens is 1. The summed E-state index contributed by atoms with van der Waals surface area (Å²) in [5.74, 6) is 2.71. The molecule has 0 unspecified atom stereocenters. The molecule has 6 aromatic carbocycles. The number of nitrogens with zero attached hydrogens (tertiary/aromatic N) is 1. The van der Waals surface area contributed by atoms with Crippen LogP contribution in [0.4, 0.5) is 20.6 Å². The van der Waals surface area contributed by atoms with Gasteiger partial charge in [-0.05, 0) is 200 Å². The predicted molar refractivity (Wildman–Crippen MR) is 390 cm³/mol. The van der Waals surface area contributed by atoms with Gasteiger partial charge >= 0.3 is 6.16 Å². The van der Waals surface area contributed by atoms with Crippen LogP contribution in [0.25, 0.3) is 0 Å². The second-order valence-corrected chi connectivity index (χ2v) is 29.4. The number of ether oxygens (including phenoxy) is 4. The highest BCUT2D eigenvalue weighted by Crippen LogP contribution is 2.67. The number of rotatable bonds is 34. The minimum Gasteiger partial charge on any atom is -0.497 e. The number of amides is 4. The summed E-state index contributed by atoms with van der Waals surface area (Å²) in [6.45, 7) is 13.6. The summed E-state index contributed by atoms with van der Waals surface area (Å²) >= 11 is 0. The Morgan fingerprint density at radius 3 is 2.02 bits per heavy atom. The number of nitrogens with one attached hydrogen (secondary N) is 5. The van der Waals surface area contributed by atoms with Crippen LogP contribution in [0.5, 0.6) is 11.5 Å². The third-order valence-corrected chi connectivity index (χ3v) is 22.6. The van der Waals surface area contributed by atoms with Crippen LogP contribution in [0.3, 0.4) is 0 Å². The second-order valence-electron chi connectivity index (χ2n) is 29.4. The highest BCUT2D eigenvalue weighted by Gasteiger charge is 2.59. The van der Waals surface area contributed by atoms with Crippen LogP contribution in [0.2, 0.25) is 0 Å². The number of methoxy groups -OCH3 is 1. The van der Waals surface area contributed by atoms with Crippen LogP contribution < -0.4 is 36.1 Å². The molecule has 5 N–H and O–H groups in total. The number of anilines is 1. The van der Waals surface area contributed by atoms with Crippen molar-refractivity contribution in [3.8, 4) is 11.5 Å². The van der Waals surface area contributed by atoms with Crippen molar-refractivity contribution in [2.24, 2.45) is 46.3 Å². The molecule has 10 rings (SSSR count). The van der Waals surface area contributed by atoms with E-state index in [-0.39, 0.29) is 66.7 Å². The van der Waals surface area contributed by atoms with E-state index in [1.165, 1.54) is 93.8 Å². The predicted octanol–water partition coefficient (Wildman–Crippen LogP) is 16.1. The fourth-order valence-electron chi connectivity index (χ4n) is 17.2. The molecule has 4 aliphatic rings. The number of benzene rings is 6. The molecule has 0 aliphatic heterocycles. The SMILES string of the molecule is COc1ccc(C(NCCCC[C@H](NC(=O)[C@H](Cc2ccccc2F)NC(=O)CCC(=O)NCCCO[C@H]2CC[C@@]3(C)C(=CC[C@H]4[C@@H]5CC[C@H]([C@H](C)CCCC(C)C)[C@@]5(C)CC[C@@H]43)C2)C(=O)Nc2ccc(COC(=O)Oc3ccc([N+](=O)[O-])cc3)cc2)(c2ccccc2)c2ccccc2)cc1. The van der Waals surface area contributed by atoms with E-state index < -0.39 is 52.2 Å². The quantitative estimate of drug-likeness (QED) is 0.00484. The van der Waals surface area contributed by atoms with Gasteiger partial charge in [0.15, 0.2) is 0 Å². The highest BCUT2D eigenvalue weighted by atomic mass is 19.1. The molecule has 0 spiro atoms. The van der Waals surface area contributed by atoms with E-state index in [9.17, 15) is 34.1 Å². The van der Waals surface area contributed by atoms with Gasteiger partial charge in [0.25, 0.3) is 5.69 Å². The smallest absolute Gasteiger partial charge is 0.497 e. The average molecular weight is 1380 g/mol. The lowest BCUT2D eigenvalue weighted by atomic mass is 9.47. The van der Waals surface area contributed by atoms with Crippen molar-refractivity contribution < 1.29 is 52.2 Å². The van der Waals surface area contributed by atoms with Crippen molar-refractivity contribution in [3.05, 3.63) is 213 Å². The highest BCUT2D eigenvalue weighted by molar-refractivity contribution is 5.98. The minimum atomic E-state index is -1.34. The Bertz CT molecular complexity index is 3720. The molecule has 101 heavy (non-hydrogen) atoms. The van der Waals surface area contributed by atoms with Gasteiger partial charge in [0, 0.05) is 50.2 Å². The van der Waals surface area contributed by atoms with Crippen molar-refractivity contribution >= 4 is 41.2 Å². The van der Waals surface area contributed by atoms with Gasteiger partial charge in [-0.25, -0.2) is 9.18 Å². The largest absolute Gasteiger partial charge is 0.514 e. The molecule has 18 heteroatoms. The van der Waals surface area contributed by atoms with Crippen molar-refractivity contribution in [1.29, 1.82) is 0 Å². The molecule has 4 amide bonds. The van der Waals surface area contributed by atoms with Crippen LogP contribution in [0, 0.1) is 62.3 Å². The molecule has 3 fully saturated rings. The van der Waals surface area contributed by atoms with Crippen LogP contribution in [0.15, 0.2) is 169 Å². The molecule has 0 bridgehead atoms. The van der Waals surface area contributed by atoms with E-state index in [4.69, 9.17) is 18.9 Å². The maximum Gasteiger partial charge on any atom is 0.514 e. The molecular formula is C83H103FN6O11. The number of unbranched alkanes of at least 4 members (excludes halogenated alkanes) is 1. The van der Waals surface area contributed by atoms with Crippen LogP contribution in [-0.2, 0) is 47.2 Å². The lowest BCUT2D eigenvalue weighted by Crippen LogP contribution is -2.53. The normalized spacial score (nSPS) is 21.6. The Hall–Kier alpha value is -8.74. The summed E-state index contributed by atoms with van der Waals surface area (Å²) in [6, 6.07) is 43.1. The monoisotopic (exact) mass is 1380 g/mol. The molecule has 10 atom stereocenters. The van der Waals surface area contributed by atoms with Gasteiger partial charge in [-0.1, -0.05) is 169 Å². The van der Waals surface area contributed by atoms with E-state index in [0.29, 0.717) is 61.4 Å². The number of carbonyl (C=O) groups excluding carboxylic acids is 5. The molecule has 4 aliphatic carbocycles. The molecule has 0 aromatic heterocycles. The Balaban J connectivity index is 0.743. The number of fused-ring (bicyclic) bond motifs is 5. The first kappa shape index (κ1) is 74.9. The number of carbonyl (C=O) groups is 5. The third kappa shape index (κ3) is 19.1. The Morgan fingerprint density at radius 2 is 1.34 bits per heavy atom. The van der Waals surface area contributed by atoms with Gasteiger partial charge in [0.1, 0.15) is 36.0 Å². The first-order valence-electron chi connectivity index (χ1n) is 36.7. The zero-order valence-electron chi connectivity index (χ0n) is 59.7. The number of nitro benzene ring substituents is 1. The van der Waals surface area contributed by atoms with E-state index in [0.717, 1.165) is 71.5 Å². The average Bonchev–Trinajstić information content (AvgIpc) is 1.69. The number of hydrogen-bond acceptors (Lipinski definition) is 12. The van der Waals surface area contributed by atoms with Gasteiger partial charge in [0.05, 0.1) is 23.7 Å². The molecule has 0 radical (unpaired) electrons. The van der Waals surface area contributed by atoms with Crippen molar-refractivity contribution in [2.45, 2.75) is 181 Å².